The molecule has 132 valence electrons. The number of urea groups is 1. The number of ether oxygens (including phenoxy) is 2. The topological polar surface area (TPSA) is 88.1 Å². The molecule has 1 saturated heterocycles. The number of alkyl halides is 2. The van der Waals surface area contributed by atoms with E-state index in [-0.39, 0.29) is 25.4 Å². The van der Waals surface area contributed by atoms with Crippen molar-refractivity contribution in [3.63, 3.8) is 0 Å². The molecule has 1 aromatic carbocycles. The third-order valence-electron chi connectivity index (χ3n) is 3.49. The first-order valence-electron chi connectivity index (χ1n) is 7.37. The zero-order valence-corrected chi connectivity index (χ0v) is 12.8. The van der Waals surface area contributed by atoms with Gasteiger partial charge in [-0.3, -0.25) is 0 Å². The van der Waals surface area contributed by atoms with Crippen LogP contribution in [0.25, 0.3) is 0 Å². The number of para-hydroxylation sites is 1. The Hall–Kier alpha value is -2.42. The van der Waals surface area contributed by atoms with Crippen molar-refractivity contribution < 1.29 is 33.0 Å². The fraction of sp³-hybridized carbons (Fsp3) is 0.467. The lowest BCUT2D eigenvalue weighted by Gasteiger charge is -2.30. The summed E-state index contributed by atoms with van der Waals surface area (Å²) in [6.07, 6.45) is -0.730. The number of amides is 2. The van der Waals surface area contributed by atoms with Crippen LogP contribution >= 0.6 is 0 Å². The Labute approximate surface area is 137 Å². The largest absolute Gasteiger partial charge is 0.479 e. The number of carboxylic acids is 1. The van der Waals surface area contributed by atoms with E-state index >= 15 is 0 Å². The smallest absolute Gasteiger partial charge is 0.387 e. The van der Waals surface area contributed by atoms with Gasteiger partial charge in [-0.2, -0.15) is 8.78 Å². The Morgan fingerprint density at radius 3 is 2.88 bits per heavy atom. The van der Waals surface area contributed by atoms with Crippen molar-refractivity contribution in [3.8, 4) is 5.75 Å². The van der Waals surface area contributed by atoms with E-state index in [0.717, 1.165) is 0 Å². The van der Waals surface area contributed by atoms with Gasteiger partial charge in [-0.15, -0.1) is 0 Å². The summed E-state index contributed by atoms with van der Waals surface area (Å²) in [5.74, 6) is -1.05. The molecule has 1 fully saturated rings. The number of aliphatic carboxylic acids is 1. The number of rotatable bonds is 6. The van der Waals surface area contributed by atoms with E-state index in [2.05, 4.69) is 10.1 Å². The Morgan fingerprint density at radius 1 is 1.42 bits per heavy atom. The third kappa shape index (κ3) is 5.05. The van der Waals surface area contributed by atoms with Crippen molar-refractivity contribution in [1.82, 2.24) is 10.2 Å². The van der Waals surface area contributed by atoms with Crippen molar-refractivity contribution in [2.24, 2.45) is 0 Å². The molecule has 0 saturated carbocycles. The first kappa shape index (κ1) is 17.9. The highest BCUT2D eigenvalue weighted by Gasteiger charge is 2.28. The number of carbonyl (C=O) groups is 2. The highest BCUT2D eigenvalue weighted by Crippen LogP contribution is 2.20. The van der Waals surface area contributed by atoms with Crippen LogP contribution in [0.1, 0.15) is 5.56 Å². The fourth-order valence-corrected chi connectivity index (χ4v) is 2.32. The van der Waals surface area contributed by atoms with Gasteiger partial charge >= 0.3 is 18.6 Å². The second-order valence-corrected chi connectivity index (χ2v) is 5.11. The highest BCUT2D eigenvalue weighted by atomic mass is 19.3. The Morgan fingerprint density at radius 2 is 2.17 bits per heavy atom. The van der Waals surface area contributed by atoms with Gasteiger partial charge in [0.1, 0.15) is 5.75 Å². The van der Waals surface area contributed by atoms with E-state index in [9.17, 15) is 18.4 Å². The molecule has 1 atom stereocenters. The monoisotopic (exact) mass is 344 g/mol. The summed E-state index contributed by atoms with van der Waals surface area (Å²) < 4.78 is 34.1. The number of carboxylic acid groups (broad SMARTS) is 1. The minimum absolute atomic E-state index is 0.0355. The summed E-state index contributed by atoms with van der Waals surface area (Å²) in [5.41, 5.74) is 0.545. The van der Waals surface area contributed by atoms with E-state index in [1.54, 1.807) is 18.2 Å². The van der Waals surface area contributed by atoms with Crippen LogP contribution in [-0.2, 0) is 16.0 Å². The Balaban J connectivity index is 1.83. The molecule has 2 rings (SSSR count). The van der Waals surface area contributed by atoms with E-state index in [1.165, 1.54) is 11.0 Å². The van der Waals surface area contributed by atoms with E-state index in [0.29, 0.717) is 18.5 Å². The van der Waals surface area contributed by atoms with Crippen LogP contribution in [0, 0.1) is 0 Å². The number of nitrogens with one attached hydrogen (secondary N) is 1. The number of hydrogen-bond acceptors (Lipinski definition) is 4. The number of halogens is 2. The number of carbonyl (C=O) groups excluding carboxylic acids is 1. The number of hydrogen-bond donors (Lipinski definition) is 2. The second kappa shape index (κ2) is 8.44. The third-order valence-corrected chi connectivity index (χ3v) is 3.49. The Bertz CT molecular complexity index is 585. The molecule has 2 N–H and O–H groups in total. The van der Waals surface area contributed by atoms with Crippen molar-refractivity contribution >= 4 is 12.0 Å². The van der Waals surface area contributed by atoms with Crippen LogP contribution in [0.3, 0.4) is 0 Å². The molecule has 1 aliphatic heterocycles. The quantitative estimate of drug-likeness (QED) is 0.813. The van der Waals surface area contributed by atoms with Gasteiger partial charge < -0.3 is 24.8 Å². The van der Waals surface area contributed by atoms with Crippen LogP contribution in [-0.4, -0.2) is 61.0 Å². The SMILES string of the molecule is O=C(O)C1CN(C(=O)NCCc2ccccc2OC(F)F)CCO1. The number of nitrogens with zero attached hydrogens (tertiary/aromatic N) is 1. The molecule has 1 aromatic rings. The predicted molar refractivity (Wildman–Crippen MR) is 79.1 cm³/mol. The summed E-state index contributed by atoms with van der Waals surface area (Å²) in [5, 5.41) is 11.5. The number of morpholine rings is 1. The van der Waals surface area contributed by atoms with Crippen LogP contribution in [0.4, 0.5) is 13.6 Å². The fourth-order valence-electron chi connectivity index (χ4n) is 2.32. The molecule has 1 aliphatic rings. The van der Waals surface area contributed by atoms with Gasteiger partial charge in [-0.25, -0.2) is 9.59 Å². The zero-order chi connectivity index (χ0) is 17.5. The van der Waals surface area contributed by atoms with Crippen LogP contribution in [0.5, 0.6) is 5.75 Å². The predicted octanol–water partition coefficient (Wildman–Crippen LogP) is 1.33. The van der Waals surface area contributed by atoms with Crippen molar-refractivity contribution in [2.45, 2.75) is 19.1 Å². The van der Waals surface area contributed by atoms with Gasteiger partial charge in [0.25, 0.3) is 0 Å². The maximum atomic E-state index is 12.3. The molecule has 24 heavy (non-hydrogen) atoms. The maximum Gasteiger partial charge on any atom is 0.387 e. The molecular weight excluding hydrogens is 326 g/mol. The first-order chi connectivity index (χ1) is 11.5. The van der Waals surface area contributed by atoms with Gasteiger partial charge in [0, 0.05) is 13.1 Å². The summed E-state index contributed by atoms with van der Waals surface area (Å²) in [4.78, 5) is 24.3. The average Bonchev–Trinajstić information content (AvgIpc) is 2.56. The van der Waals surface area contributed by atoms with E-state index < -0.39 is 24.7 Å². The van der Waals surface area contributed by atoms with Gasteiger partial charge in [0.05, 0.1) is 13.2 Å². The summed E-state index contributed by atoms with van der Waals surface area (Å²) in [7, 11) is 0. The van der Waals surface area contributed by atoms with Crippen molar-refractivity contribution in [3.05, 3.63) is 29.8 Å². The average molecular weight is 344 g/mol. The summed E-state index contributed by atoms with van der Waals surface area (Å²) in [6.45, 7) is -2.30. The summed E-state index contributed by atoms with van der Waals surface area (Å²) in [6, 6.07) is 5.92. The van der Waals surface area contributed by atoms with Gasteiger partial charge in [-0.05, 0) is 18.1 Å². The zero-order valence-electron chi connectivity index (χ0n) is 12.8. The van der Waals surface area contributed by atoms with Crippen LogP contribution in [0.15, 0.2) is 24.3 Å². The van der Waals surface area contributed by atoms with Gasteiger partial charge in [-0.1, -0.05) is 18.2 Å². The molecule has 9 heteroatoms. The van der Waals surface area contributed by atoms with Crippen LogP contribution in [0.2, 0.25) is 0 Å². The molecule has 0 radical (unpaired) electrons. The number of benzene rings is 1. The van der Waals surface area contributed by atoms with Gasteiger partial charge in [0.15, 0.2) is 6.10 Å². The molecule has 0 aliphatic carbocycles. The van der Waals surface area contributed by atoms with Crippen LogP contribution < -0.4 is 10.1 Å². The molecule has 0 spiro atoms. The normalized spacial score (nSPS) is 17.6. The van der Waals surface area contributed by atoms with E-state index in [4.69, 9.17) is 9.84 Å². The molecule has 7 nitrogen and oxygen atoms in total. The molecule has 1 heterocycles. The lowest BCUT2D eigenvalue weighted by molar-refractivity contribution is -0.154. The molecule has 1 unspecified atom stereocenters. The maximum absolute atomic E-state index is 12.3. The molecule has 0 bridgehead atoms. The standard InChI is InChI=1S/C15H18F2N2O5/c16-14(17)24-11-4-2-1-3-10(11)5-6-18-15(22)19-7-8-23-12(9-19)13(20)21/h1-4,12,14H,5-9H2,(H,18,22)(H,20,21). The molecular formula is C15H18F2N2O5. The second-order valence-electron chi connectivity index (χ2n) is 5.11. The Kier molecular flexibility index (Phi) is 6.30. The first-order valence-corrected chi connectivity index (χ1v) is 7.37. The minimum atomic E-state index is -2.91. The van der Waals surface area contributed by atoms with Gasteiger partial charge in [0.2, 0.25) is 0 Å². The molecule has 2 amide bonds. The lowest BCUT2D eigenvalue weighted by Crippen LogP contribution is -2.52. The highest BCUT2D eigenvalue weighted by molar-refractivity contribution is 5.77. The lowest BCUT2D eigenvalue weighted by atomic mass is 10.1. The summed E-state index contributed by atoms with van der Waals surface area (Å²) >= 11 is 0. The van der Waals surface area contributed by atoms with Crippen molar-refractivity contribution in [2.75, 3.05) is 26.2 Å². The minimum Gasteiger partial charge on any atom is -0.479 e. The van der Waals surface area contributed by atoms with Crippen molar-refractivity contribution in [1.29, 1.82) is 0 Å². The van der Waals surface area contributed by atoms with E-state index in [1.807, 2.05) is 0 Å². The molecule has 0 aromatic heterocycles.